The van der Waals surface area contributed by atoms with Crippen molar-refractivity contribution in [3.05, 3.63) is 67.3 Å². The molecule has 5 atom stereocenters. The molecule has 14 heteroatoms. The van der Waals surface area contributed by atoms with Crippen LogP contribution < -0.4 is 24.8 Å². The highest BCUT2D eigenvalue weighted by Gasteiger charge is 2.62. The second-order valence-electron chi connectivity index (χ2n) is 17.1. The topological polar surface area (TPSA) is 173 Å². The summed E-state index contributed by atoms with van der Waals surface area (Å²) < 4.78 is 40.0. The lowest BCUT2D eigenvalue weighted by molar-refractivity contribution is -0.147. The van der Waals surface area contributed by atoms with E-state index in [0.29, 0.717) is 40.9 Å². The van der Waals surface area contributed by atoms with Crippen LogP contribution in [0.15, 0.2) is 67.3 Å². The Hall–Kier alpha value is -4.98. The number of rotatable bonds is 14. The van der Waals surface area contributed by atoms with Gasteiger partial charge in [-0.25, -0.2) is 13.4 Å². The average Bonchev–Trinajstić information content (AvgIpc) is 4.06. The summed E-state index contributed by atoms with van der Waals surface area (Å²) >= 11 is 0. The predicted octanol–water partition coefficient (Wildman–Crippen LogP) is 5.04. The van der Waals surface area contributed by atoms with E-state index in [9.17, 15) is 27.6 Å². The number of methoxy groups -OCH3 is 1. The lowest BCUT2D eigenvalue weighted by Crippen LogP contribution is -2.57. The molecule has 4 fully saturated rings. The van der Waals surface area contributed by atoms with Crippen molar-refractivity contribution in [1.29, 1.82) is 0 Å². The van der Waals surface area contributed by atoms with Gasteiger partial charge < -0.3 is 25.0 Å². The van der Waals surface area contributed by atoms with Gasteiger partial charge >= 0.3 is 0 Å². The van der Waals surface area contributed by atoms with Gasteiger partial charge in [0, 0.05) is 47.9 Å². The van der Waals surface area contributed by atoms with Crippen molar-refractivity contribution in [3.8, 4) is 22.8 Å². The normalized spacial score (nSPS) is 24.1. The molecule has 1 aliphatic heterocycles. The molecule has 3 N–H and O–H groups in total. The zero-order valence-electron chi connectivity index (χ0n) is 33.1. The van der Waals surface area contributed by atoms with Crippen LogP contribution in [-0.2, 0) is 29.2 Å². The molecule has 1 saturated heterocycles. The number of carbonyl (C=O) groups is 4. The molecule has 0 radical (unpaired) electrons. The molecule has 0 spiro atoms. The largest absolute Gasteiger partial charge is 0.497 e. The van der Waals surface area contributed by atoms with E-state index >= 15 is 0 Å². The molecule has 57 heavy (non-hydrogen) atoms. The number of sulfonamides is 1. The van der Waals surface area contributed by atoms with Crippen LogP contribution in [0.4, 0.5) is 0 Å². The molecule has 304 valence electrons. The molecule has 0 bridgehead atoms. The van der Waals surface area contributed by atoms with Crippen molar-refractivity contribution in [3.63, 3.8) is 0 Å². The Bertz CT molecular complexity index is 2160. The van der Waals surface area contributed by atoms with Crippen molar-refractivity contribution in [2.75, 3.05) is 13.7 Å². The van der Waals surface area contributed by atoms with Crippen molar-refractivity contribution >= 4 is 44.6 Å². The minimum absolute atomic E-state index is 0.0223. The minimum Gasteiger partial charge on any atom is -0.497 e. The highest BCUT2D eigenvalue weighted by atomic mass is 32.2. The Kier molecular flexibility index (Phi) is 11.1. The first-order valence-electron chi connectivity index (χ1n) is 19.9. The van der Waals surface area contributed by atoms with Crippen LogP contribution >= 0.6 is 0 Å². The lowest BCUT2D eigenvalue weighted by Gasteiger charge is -2.35. The number of nitrogens with zero attached hydrogens (tertiary/aromatic N) is 2. The summed E-state index contributed by atoms with van der Waals surface area (Å²) in [4.78, 5) is 62.7. The third-order valence-corrected chi connectivity index (χ3v) is 13.7. The van der Waals surface area contributed by atoms with Gasteiger partial charge in [0.15, 0.2) is 0 Å². The molecule has 2 heterocycles. The molecular formula is C43H53N5O8S. The fourth-order valence-electron chi connectivity index (χ4n) is 8.24. The first-order chi connectivity index (χ1) is 27.1. The maximum atomic E-state index is 14.8. The summed E-state index contributed by atoms with van der Waals surface area (Å²) in [5, 5.41) is 6.04. The maximum Gasteiger partial charge on any atom is 0.259 e. The van der Waals surface area contributed by atoms with Gasteiger partial charge in [0.1, 0.15) is 29.2 Å². The Morgan fingerprint density at radius 1 is 1.04 bits per heavy atom. The van der Waals surface area contributed by atoms with E-state index in [1.54, 1.807) is 7.11 Å². The number of ether oxygens (including phenoxy) is 2. The fraction of sp³-hybridized carbons (Fsp3) is 0.512. The Morgan fingerprint density at radius 3 is 2.39 bits per heavy atom. The number of hydrogen-bond donors (Lipinski definition) is 3. The first-order valence-corrected chi connectivity index (χ1v) is 21.5. The second-order valence-corrected chi connectivity index (χ2v) is 19.1. The molecule has 3 aromatic rings. The number of likely N-dealkylation sites (tertiary alicyclic amines) is 1. The Balaban J connectivity index is 1.20. The van der Waals surface area contributed by atoms with Gasteiger partial charge in [0.2, 0.25) is 27.7 Å². The Labute approximate surface area is 334 Å². The zero-order valence-corrected chi connectivity index (χ0v) is 33.9. The molecule has 3 saturated carbocycles. The second kappa shape index (κ2) is 15.8. The van der Waals surface area contributed by atoms with Gasteiger partial charge in [0.05, 0.1) is 36.0 Å². The number of benzene rings is 2. The average molecular weight is 800 g/mol. The van der Waals surface area contributed by atoms with Crippen LogP contribution in [0.5, 0.6) is 11.5 Å². The number of nitrogens with one attached hydrogen (secondary N) is 3. The van der Waals surface area contributed by atoms with Crippen LogP contribution in [0.1, 0.15) is 78.6 Å². The third kappa shape index (κ3) is 8.65. The van der Waals surface area contributed by atoms with Crippen LogP contribution in [0.3, 0.4) is 0 Å². The van der Waals surface area contributed by atoms with Crippen molar-refractivity contribution in [1.82, 2.24) is 25.2 Å². The van der Waals surface area contributed by atoms with Gasteiger partial charge in [0.25, 0.3) is 5.91 Å². The molecule has 1 aromatic heterocycles. The van der Waals surface area contributed by atoms with E-state index in [1.807, 2.05) is 75.4 Å². The van der Waals surface area contributed by atoms with Crippen molar-refractivity contribution in [2.24, 2.45) is 17.3 Å². The van der Waals surface area contributed by atoms with E-state index in [0.717, 1.165) is 31.2 Å². The summed E-state index contributed by atoms with van der Waals surface area (Å²) in [6, 6.07) is 16.0. The van der Waals surface area contributed by atoms with E-state index < -0.39 is 62.0 Å². The molecule has 4 amide bonds. The zero-order chi connectivity index (χ0) is 40.7. The van der Waals surface area contributed by atoms with Gasteiger partial charge in [-0.3, -0.25) is 23.9 Å². The number of pyridine rings is 1. The number of aromatic nitrogens is 1. The van der Waals surface area contributed by atoms with E-state index in [-0.39, 0.29) is 43.7 Å². The summed E-state index contributed by atoms with van der Waals surface area (Å²) in [7, 11) is -2.32. The van der Waals surface area contributed by atoms with E-state index in [4.69, 9.17) is 14.5 Å². The van der Waals surface area contributed by atoms with Gasteiger partial charge in [-0.15, -0.1) is 6.58 Å². The Morgan fingerprint density at radius 2 is 1.75 bits per heavy atom. The van der Waals surface area contributed by atoms with Gasteiger partial charge in [-0.05, 0) is 49.7 Å². The fourth-order valence-corrected chi connectivity index (χ4v) is 9.60. The number of fused-ring (bicyclic) bond motifs is 1. The first kappa shape index (κ1) is 40.2. The molecule has 1 unspecified atom stereocenters. The van der Waals surface area contributed by atoms with Crippen molar-refractivity contribution in [2.45, 2.75) is 108 Å². The van der Waals surface area contributed by atoms with Crippen LogP contribution in [0.25, 0.3) is 22.2 Å². The molecule has 7 rings (SSSR count). The van der Waals surface area contributed by atoms with Crippen LogP contribution in [0, 0.1) is 17.3 Å². The van der Waals surface area contributed by atoms with Crippen LogP contribution in [-0.4, -0.2) is 84.6 Å². The van der Waals surface area contributed by atoms with Crippen molar-refractivity contribution < 1.29 is 37.1 Å². The SMILES string of the molecule is C=C[C@@H]1C[C@]1(NC(=O)[C@@H]1C[C@@H](Oc2cc(-c3ccccc3)nc3cc(OC)ccc23)CN1C(=O)C(CC(=O)NC1CCCC1)C(C)(C)C)C(=O)NS(=O)(=O)C1CC1. The monoisotopic (exact) mass is 799 g/mol. The molecule has 2 aromatic carbocycles. The highest BCUT2D eigenvalue weighted by molar-refractivity contribution is 7.91. The quantitative estimate of drug-likeness (QED) is 0.189. The highest BCUT2D eigenvalue weighted by Crippen LogP contribution is 2.46. The molecule has 4 aliphatic rings. The number of carbonyl (C=O) groups excluding carboxylic acids is 4. The van der Waals surface area contributed by atoms with Crippen LogP contribution in [0.2, 0.25) is 0 Å². The number of amides is 4. The maximum absolute atomic E-state index is 14.8. The smallest absolute Gasteiger partial charge is 0.259 e. The standard InChI is InChI=1S/C43H53N5O8S/c1-6-27-24-43(27,41(52)47-57(53,54)31-17-18-31)46-39(50)36-21-30(25-48(36)40(51)33(42(2,3)4)22-38(49)44-28-14-10-11-15-28)56-37-23-34(26-12-8-7-9-13-26)45-35-20-29(55-5)16-19-32(35)37/h6-9,12-13,16,19-20,23,27-28,30-31,33,36H,1,10-11,14-15,17-18,21-22,24-25H2,2-5H3,(H,44,49)(H,46,50)(H,47,52)/t27-,30-,33?,36+,43-/m1/s1. The summed E-state index contributed by atoms with van der Waals surface area (Å²) in [6.45, 7) is 9.54. The summed E-state index contributed by atoms with van der Waals surface area (Å²) in [5.74, 6) is -2.20. The van der Waals surface area contributed by atoms with Gasteiger partial charge in [-0.1, -0.05) is 70.0 Å². The molecule has 3 aliphatic carbocycles. The van der Waals surface area contributed by atoms with E-state index in [1.165, 1.54) is 11.0 Å². The van der Waals surface area contributed by atoms with Gasteiger partial charge in [-0.2, -0.15) is 0 Å². The molecular weight excluding hydrogens is 747 g/mol. The summed E-state index contributed by atoms with van der Waals surface area (Å²) in [6.07, 6.45) is 5.85. The lowest BCUT2D eigenvalue weighted by atomic mass is 9.77. The third-order valence-electron chi connectivity index (χ3n) is 11.9. The minimum atomic E-state index is -3.90. The number of hydrogen-bond acceptors (Lipinski definition) is 9. The van der Waals surface area contributed by atoms with E-state index in [2.05, 4.69) is 21.9 Å². The molecule has 13 nitrogen and oxygen atoms in total. The summed E-state index contributed by atoms with van der Waals surface area (Å²) in [5.41, 5.74) is -0.0389. The predicted molar refractivity (Wildman–Crippen MR) is 215 cm³/mol.